The topological polar surface area (TPSA) is 88.5 Å². The van der Waals surface area contributed by atoms with E-state index in [-0.39, 0.29) is 24.4 Å². The largest absolute Gasteiger partial charge is 0.496 e. The first-order valence-electron chi connectivity index (χ1n) is 12.8. The molecule has 0 radical (unpaired) electrons. The predicted octanol–water partition coefficient (Wildman–Crippen LogP) is 6.70. The van der Waals surface area contributed by atoms with Gasteiger partial charge in [0.15, 0.2) is 0 Å². The number of esters is 1. The van der Waals surface area contributed by atoms with Crippen molar-refractivity contribution >= 4 is 16.7 Å². The number of para-hydroxylation sites is 1. The van der Waals surface area contributed by atoms with Gasteiger partial charge in [0, 0.05) is 12.5 Å². The number of benzene rings is 3. The summed E-state index contributed by atoms with van der Waals surface area (Å²) in [5.74, 6) is 0.730. The third-order valence-electron chi connectivity index (χ3n) is 7.01. The zero-order valence-electron chi connectivity index (χ0n) is 22.6. The number of hydrogen-bond donors (Lipinski definition) is 2. The van der Waals surface area contributed by atoms with Gasteiger partial charge >= 0.3 is 5.97 Å². The Morgan fingerprint density at radius 2 is 1.89 bits per heavy atom. The fourth-order valence-corrected chi connectivity index (χ4v) is 6.67. The van der Waals surface area contributed by atoms with Crippen molar-refractivity contribution in [2.75, 3.05) is 20.3 Å². The molecule has 1 aliphatic heterocycles. The van der Waals surface area contributed by atoms with Crippen LogP contribution in [0.15, 0.2) is 65.6 Å². The maximum atomic E-state index is 12.7. The summed E-state index contributed by atoms with van der Waals surface area (Å²) >= 11 is 0. The maximum absolute atomic E-state index is 12.7. The molecule has 1 aliphatic rings. The third kappa shape index (κ3) is 5.83. The van der Waals surface area contributed by atoms with E-state index >= 15 is 0 Å². The second-order valence-corrected chi connectivity index (χ2v) is 11.6. The van der Waals surface area contributed by atoms with Crippen LogP contribution < -0.4 is 9.47 Å². The summed E-state index contributed by atoms with van der Waals surface area (Å²) in [5.41, 5.74) is 4.87. The van der Waals surface area contributed by atoms with Crippen molar-refractivity contribution < 1.29 is 28.1 Å². The van der Waals surface area contributed by atoms with Gasteiger partial charge in [-0.1, -0.05) is 42.5 Å². The van der Waals surface area contributed by atoms with Crippen LogP contribution in [0.3, 0.4) is 0 Å². The zero-order valence-corrected chi connectivity index (χ0v) is 23.5. The molecule has 0 fully saturated rings. The van der Waals surface area contributed by atoms with E-state index in [0.717, 1.165) is 33.6 Å². The molecule has 0 saturated heterocycles. The number of methoxy groups -OCH3 is 1. The van der Waals surface area contributed by atoms with E-state index in [1.54, 1.807) is 36.5 Å². The quantitative estimate of drug-likeness (QED) is 0.308. The second-order valence-electron chi connectivity index (χ2n) is 9.64. The number of nitrogens with zero attached hydrogens (tertiary/aromatic N) is 1. The minimum Gasteiger partial charge on any atom is -0.496 e. The summed E-state index contributed by atoms with van der Waals surface area (Å²) in [7, 11) is -1.64. The van der Waals surface area contributed by atoms with Crippen LogP contribution in [-0.4, -0.2) is 45.7 Å². The van der Waals surface area contributed by atoms with Gasteiger partial charge in [-0.3, -0.25) is 13.9 Å². The minimum absolute atomic E-state index is 0.182. The van der Waals surface area contributed by atoms with Gasteiger partial charge in [-0.2, -0.15) is 4.31 Å². The Hall–Kier alpha value is -3.04. The number of rotatable bonds is 8. The molecule has 3 aromatic carbocycles. The Kier molecular flexibility index (Phi) is 8.67. The van der Waals surface area contributed by atoms with Gasteiger partial charge in [0.05, 0.1) is 26.7 Å². The molecule has 204 valence electrons. The summed E-state index contributed by atoms with van der Waals surface area (Å²) in [6.45, 7) is 8.71. The number of fused-ring (bicyclic) bond motifs is 1. The molecular weight excluding hydrogens is 502 g/mol. The van der Waals surface area contributed by atoms with Crippen molar-refractivity contribution in [2.24, 2.45) is 0 Å². The van der Waals surface area contributed by atoms with E-state index in [9.17, 15) is 13.9 Å². The molecule has 2 N–H and O–H groups in total. The number of carbonyl (C=O) groups excluding carboxylic acids is 1. The standard InChI is InChI=1S/C30H37NO6S/c1-6-36-30(32)17-26(25-10-9-12-27(35-5)22(25)4)23-15-14-20(2)24(16-23)19-31-18-21(3)37-28-11-7-8-13-29(28)38(31,33)34/h7-16,21,26,33-34H,6,17-19H2,1-5H3/t21-,26?/m1/s1. The molecule has 0 aliphatic carbocycles. The molecule has 38 heavy (non-hydrogen) atoms. The lowest BCUT2D eigenvalue weighted by molar-refractivity contribution is -0.143. The molecule has 7 nitrogen and oxygen atoms in total. The predicted molar refractivity (Wildman–Crippen MR) is 150 cm³/mol. The Morgan fingerprint density at radius 1 is 1.13 bits per heavy atom. The number of aryl methyl sites for hydroxylation is 1. The van der Waals surface area contributed by atoms with Crippen molar-refractivity contribution in [1.82, 2.24) is 4.31 Å². The lowest BCUT2D eigenvalue weighted by atomic mass is 9.84. The van der Waals surface area contributed by atoms with E-state index in [4.69, 9.17) is 14.2 Å². The maximum Gasteiger partial charge on any atom is 0.306 e. The van der Waals surface area contributed by atoms with Gasteiger partial charge in [0.25, 0.3) is 0 Å². The van der Waals surface area contributed by atoms with E-state index in [0.29, 0.717) is 30.3 Å². The molecule has 0 aromatic heterocycles. The summed E-state index contributed by atoms with van der Waals surface area (Å²) in [6.07, 6.45) is -0.0501. The first-order valence-corrected chi connectivity index (χ1v) is 14.3. The van der Waals surface area contributed by atoms with Gasteiger partial charge in [-0.25, -0.2) is 0 Å². The number of carbonyl (C=O) groups is 1. The highest BCUT2D eigenvalue weighted by atomic mass is 32.3. The molecule has 1 unspecified atom stereocenters. The highest BCUT2D eigenvalue weighted by Crippen LogP contribution is 2.57. The van der Waals surface area contributed by atoms with Crippen LogP contribution >= 0.6 is 10.8 Å². The zero-order chi connectivity index (χ0) is 27.4. The number of hydrogen-bond acceptors (Lipinski definition) is 7. The average molecular weight is 540 g/mol. The average Bonchev–Trinajstić information content (AvgIpc) is 2.97. The minimum atomic E-state index is -3.28. The molecule has 1 heterocycles. The molecular formula is C30H37NO6S. The molecule has 2 atom stereocenters. The van der Waals surface area contributed by atoms with Crippen molar-refractivity contribution in [2.45, 2.75) is 57.6 Å². The van der Waals surface area contributed by atoms with Crippen LogP contribution in [0.4, 0.5) is 0 Å². The van der Waals surface area contributed by atoms with Gasteiger partial charge < -0.3 is 14.2 Å². The SMILES string of the molecule is CCOC(=O)CC(c1ccc(C)c(CN2C[C@@H](C)Oc3ccccc3S2(O)O)c1)c1cccc(OC)c1C. The van der Waals surface area contributed by atoms with Crippen LogP contribution in [0.5, 0.6) is 11.5 Å². The van der Waals surface area contributed by atoms with Gasteiger partial charge in [-0.05, 0) is 73.7 Å². The first kappa shape index (κ1) is 28.0. The van der Waals surface area contributed by atoms with Gasteiger partial charge in [-0.15, -0.1) is 10.8 Å². The lowest BCUT2D eigenvalue weighted by Gasteiger charge is -2.42. The molecule has 0 amide bonds. The third-order valence-corrected chi connectivity index (χ3v) is 8.94. The highest BCUT2D eigenvalue weighted by Gasteiger charge is 2.34. The Morgan fingerprint density at radius 3 is 2.63 bits per heavy atom. The van der Waals surface area contributed by atoms with Crippen LogP contribution in [0.1, 0.15) is 54.0 Å². The summed E-state index contributed by atoms with van der Waals surface area (Å²) in [5, 5.41) is 0. The lowest BCUT2D eigenvalue weighted by Crippen LogP contribution is -2.33. The van der Waals surface area contributed by atoms with E-state index < -0.39 is 10.8 Å². The second kappa shape index (κ2) is 11.8. The summed E-state index contributed by atoms with van der Waals surface area (Å²) < 4.78 is 41.3. The van der Waals surface area contributed by atoms with E-state index in [1.807, 2.05) is 57.2 Å². The van der Waals surface area contributed by atoms with Crippen molar-refractivity contribution in [1.29, 1.82) is 0 Å². The van der Waals surface area contributed by atoms with Crippen LogP contribution in [0, 0.1) is 13.8 Å². The molecule has 3 aromatic rings. The molecule has 0 bridgehead atoms. The van der Waals surface area contributed by atoms with Gasteiger partial charge in [0.2, 0.25) is 0 Å². The van der Waals surface area contributed by atoms with Crippen molar-refractivity contribution in [3.8, 4) is 11.5 Å². The molecule has 4 rings (SSSR count). The van der Waals surface area contributed by atoms with Crippen molar-refractivity contribution in [3.63, 3.8) is 0 Å². The Bertz CT molecular complexity index is 1290. The monoisotopic (exact) mass is 539 g/mol. The molecule has 8 heteroatoms. The van der Waals surface area contributed by atoms with Gasteiger partial charge in [0.1, 0.15) is 22.5 Å². The van der Waals surface area contributed by atoms with Crippen LogP contribution in [-0.2, 0) is 16.1 Å². The van der Waals surface area contributed by atoms with Crippen molar-refractivity contribution in [3.05, 3.63) is 88.5 Å². The number of ether oxygens (including phenoxy) is 3. The van der Waals surface area contributed by atoms with Crippen LogP contribution in [0.25, 0.3) is 0 Å². The van der Waals surface area contributed by atoms with E-state index in [2.05, 4.69) is 6.07 Å². The smallest absolute Gasteiger partial charge is 0.306 e. The Labute approximate surface area is 226 Å². The first-order chi connectivity index (χ1) is 18.1. The van der Waals surface area contributed by atoms with Crippen LogP contribution in [0.2, 0.25) is 0 Å². The summed E-state index contributed by atoms with van der Waals surface area (Å²) in [6, 6.07) is 19.1. The fraction of sp³-hybridized carbons (Fsp3) is 0.367. The molecule has 0 saturated carbocycles. The fourth-order valence-electron chi connectivity index (χ4n) is 5.00. The highest BCUT2D eigenvalue weighted by molar-refractivity contribution is 8.22. The van der Waals surface area contributed by atoms with E-state index in [1.165, 1.54) is 0 Å². The summed E-state index contributed by atoms with van der Waals surface area (Å²) in [4.78, 5) is 13.1. The Balaban J connectivity index is 1.74. The molecule has 0 spiro atoms. The normalized spacial score (nSPS) is 18.4.